The SMILES string of the molecule is ClC1(C2C[CH]CCC2)CSN=N1. The first-order valence-corrected chi connectivity index (χ1v) is 5.68. The van der Waals surface area contributed by atoms with Gasteiger partial charge < -0.3 is 0 Å². The Bertz CT molecular complexity index is 191. The normalized spacial score (nSPS) is 37.4. The van der Waals surface area contributed by atoms with Gasteiger partial charge in [-0.2, -0.15) is 5.11 Å². The molecule has 1 saturated carbocycles. The van der Waals surface area contributed by atoms with Crippen molar-refractivity contribution in [2.24, 2.45) is 15.6 Å². The van der Waals surface area contributed by atoms with Crippen LogP contribution in [0.1, 0.15) is 25.7 Å². The highest BCUT2D eigenvalue weighted by Crippen LogP contribution is 2.43. The zero-order chi connectivity index (χ0) is 8.44. The van der Waals surface area contributed by atoms with Crippen molar-refractivity contribution in [2.45, 2.75) is 30.7 Å². The summed E-state index contributed by atoms with van der Waals surface area (Å²) in [5.41, 5.74) is 0. The average Bonchev–Trinajstić information content (AvgIpc) is 2.55. The van der Waals surface area contributed by atoms with Crippen LogP contribution in [0, 0.1) is 12.3 Å². The monoisotopic (exact) mass is 203 g/mol. The van der Waals surface area contributed by atoms with Crippen LogP contribution in [0.25, 0.3) is 0 Å². The molecule has 0 saturated heterocycles. The van der Waals surface area contributed by atoms with Crippen molar-refractivity contribution < 1.29 is 0 Å². The van der Waals surface area contributed by atoms with Crippen LogP contribution in [0.3, 0.4) is 0 Å². The summed E-state index contributed by atoms with van der Waals surface area (Å²) in [7, 11) is 0. The summed E-state index contributed by atoms with van der Waals surface area (Å²) < 4.78 is 3.91. The van der Waals surface area contributed by atoms with Gasteiger partial charge in [-0.05, 0) is 19.3 Å². The van der Waals surface area contributed by atoms with Crippen LogP contribution in [0.15, 0.2) is 9.63 Å². The summed E-state index contributed by atoms with van der Waals surface area (Å²) in [6, 6.07) is 0. The van der Waals surface area contributed by atoms with E-state index >= 15 is 0 Å². The zero-order valence-electron chi connectivity index (χ0n) is 6.87. The van der Waals surface area contributed by atoms with Gasteiger partial charge in [0, 0.05) is 17.9 Å². The van der Waals surface area contributed by atoms with Gasteiger partial charge in [0.15, 0.2) is 5.00 Å². The maximum Gasteiger partial charge on any atom is 0.169 e. The highest BCUT2D eigenvalue weighted by molar-refractivity contribution is 7.98. The van der Waals surface area contributed by atoms with Gasteiger partial charge in [-0.3, -0.25) is 0 Å². The lowest BCUT2D eigenvalue weighted by Crippen LogP contribution is -2.32. The second-order valence-electron chi connectivity index (χ2n) is 3.43. The summed E-state index contributed by atoms with van der Waals surface area (Å²) in [4.78, 5) is -0.373. The lowest BCUT2D eigenvalue weighted by Gasteiger charge is -2.30. The second kappa shape index (κ2) is 3.54. The fourth-order valence-corrected chi connectivity index (χ4v) is 2.95. The van der Waals surface area contributed by atoms with Crippen LogP contribution in [-0.4, -0.2) is 10.8 Å². The van der Waals surface area contributed by atoms with Crippen molar-refractivity contribution in [3.05, 3.63) is 6.42 Å². The molecule has 0 aromatic carbocycles. The molecule has 2 nitrogen and oxygen atoms in total. The number of alkyl halides is 1. The summed E-state index contributed by atoms with van der Waals surface area (Å²) in [5.74, 6) is 1.37. The van der Waals surface area contributed by atoms with Crippen molar-refractivity contribution in [3.63, 3.8) is 0 Å². The minimum Gasteiger partial charge on any atom is -0.158 e. The summed E-state index contributed by atoms with van der Waals surface area (Å²) in [6.07, 6.45) is 7.16. The third-order valence-electron chi connectivity index (χ3n) is 2.57. The topological polar surface area (TPSA) is 24.7 Å². The minimum absolute atomic E-state index is 0.373. The highest BCUT2D eigenvalue weighted by Gasteiger charge is 2.40. The molecule has 1 aliphatic heterocycles. The van der Waals surface area contributed by atoms with E-state index in [1.807, 2.05) is 0 Å². The van der Waals surface area contributed by atoms with Gasteiger partial charge in [-0.15, -0.1) is 4.52 Å². The Hall–Kier alpha value is 0.240. The first kappa shape index (κ1) is 8.82. The Morgan fingerprint density at radius 3 is 3.08 bits per heavy atom. The van der Waals surface area contributed by atoms with Gasteiger partial charge in [0.2, 0.25) is 0 Å². The quantitative estimate of drug-likeness (QED) is 0.364. The molecule has 2 atom stereocenters. The maximum atomic E-state index is 6.35. The molecular formula is C8H12ClN2S. The largest absolute Gasteiger partial charge is 0.169 e. The molecule has 0 bridgehead atoms. The van der Waals surface area contributed by atoms with E-state index in [0.717, 1.165) is 12.2 Å². The molecule has 0 spiro atoms. The Kier molecular flexibility index (Phi) is 2.60. The molecule has 2 aliphatic rings. The summed E-state index contributed by atoms with van der Waals surface area (Å²) in [5, 5.41) is 4.12. The van der Waals surface area contributed by atoms with E-state index in [2.05, 4.69) is 16.1 Å². The molecule has 1 aliphatic carbocycles. The van der Waals surface area contributed by atoms with Crippen LogP contribution in [0.4, 0.5) is 0 Å². The molecule has 1 fully saturated rings. The van der Waals surface area contributed by atoms with Crippen LogP contribution in [0.2, 0.25) is 0 Å². The van der Waals surface area contributed by atoms with E-state index in [-0.39, 0.29) is 5.00 Å². The number of nitrogens with zero attached hydrogens (tertiary/aromatic N) is 2. The predicted molar refractivity (Wildman–Crippen MR) is 52.2 cm³/mol. The van der Waals surface area contributed by atoms with E-state index in [0.29, 0.717) is 5.92 Å². The first-order chi connectivity index (χ1) is 5.81. The molecule has 0 N–H and O–H groups in total. The van der Waals surface area contributed by atoms with Crippen molar-refractivity contribution in [3.8, 4) is 0 Å². The molecule has 12 heavy (non-hydrogen) atoms. The van der Waals surface area contributed by atoms with Crippen LogP contribution in [0.5, 0.6) is 0 Å². The number of halogens is 1. The van der Waals surface area contributed by atoms with E-state index in [4.69, 9.17) is 11.6 Å². The average molecular weight is 204 g/mol. The van der Waals surface area contributed by atoms with Crippen molar-refractivity contribution in [1.82, 2.24) is 0 Å². The fourth-order valence-electron chi connectivity index (χ4n) is 1.79. The predicted octanol–water partition coefficient (Wildman–Crippen LogP) is 3.43. The van der Waals surface area contributed by atoms with E-state index in [1.165, 1.54) is 31.2 Å². The smallest absolute Gasteiger partial charge is 0.158 e. The molecule has 0 aromatic heterocycles. The zero-order valence-corrected chi connectivity index (χ0v) is 8.44. The lowest BCUT2D eigenvalue weighted by atomic mass is 9.84. The molecular weight excluding hydrogens is 192 g/mol. The third-order valence-corrected chi connectivity index (χ3v) is 4.01. The van der Waals surface area contributed by atoms with Gasteiger partial charge in [-0.25, -0.2) is 0 Å². The standard InChI is InChI=1S/C8H12ClN2S/c9-8(6-12-11-10-8)7-4-2-1-3-5-7/h2,7H,1,3-6H2. The molecule has 0 amide bonds. The van der Waals surface area contributed by atoms with Crippen molar-refractivity contribution >= 4 is 23.5 Å². The minimum atomic E-state index is -0.373. The molecule has 2 unspecified atom stereocenters. The Balaban J connectivity index is 2.01. The molecule has 67 valence electrons. The first-order valence-electron chi connectivity index (χ1n) is 4.36. The van der Waals surface area contributed by atoms with Crippen LogP contribution in [-0.2, 0) is 0 Å². The number of hydrogen-bond acceptors (Lipinski definition) is 3. The Morgan fingerprint density at radius 2 is 2.50 bits per heavy atom. The Labute approximate surface area is 82.3 Å². The van der Waals surface area contributed by atoms with Crippen molar-refractivity contribution in [1.29, 1.82) is 0 Å². The second-order valence-corrected chi connectivity index (χ2v) is 4.79. The molecule has 1 radical (unpaired) electrons. The molecule has 4 heteroatoms. The van der Waals surface area contributed by atoms with Gasteiger partial charge in [0.05, 0.1) is 5.75 Å². The number of rotatable bonds is 1. The Morgan fingerprint density at radius 1 is 1.58 bits per heavy atom. The van der Waals surface area contributed by atoms with Crippen LogP contribution < -0.4 is 0 Å². The third kappa shape index (κ3) is 1.62. The van der Waals surface area contributed by atoms with Gasteiger partial charge in [-0.1, -0.05) is 24.4 Å². The summed E-state index contributed by atoms with van der Waals surface area (Å²) >= 11 is 7.84. The van der Waals surface area contributed by atoms with E-state index in [1.54, 1.807) is 0 Å². The van der Waals surface area contributed by atoms with E-state index < -0.39 is 0 Å². The van der Waals surface area contributed by atoms with Crippen LogP contribution >= 0.6 is 23.5 Å². The van der Waals surface area contributed by atoms with Crippen molar-refractivity contribution in [2.75, 3.05) is 5.75 Å². The molecule has 0 aromatic rings. The van der Waals surface area contributed by atoms with E-state index in [9.17, 15) is 0 Å². The number of hydrogen-bond donors (Lipinski definition) is 0. The fraction of sp³-hybridized carbons (Fsp3) is 0.875. The van der Waals surface area contributed by atoms with Gasteiger partial charge >= 0.3 is 0 Å². The van der Waals surface area contributed by atoms with Gasteiger partial charge in [0.25, 0.3) is 0 Å². The molecule has 1 heterocycles. The summed E-state index contributed by atoms with van der Waals surface area (Å²) in [6.45, 7) is 0. The molecule has 2 rings (SSSR count). The lowest BCUT2D eigenvalue weighted by molar-refractivity contribution is 0.332. The maximum absolute atomic E-state index is 6.35. The van der Waals surface area contributed by atoms with Gasteiger partial charge in [0.1, 0.15) is 0 Å². The highest BCUT2D eigenvalue weighted by atomic mass is 35.5.